The minimum Gasteiger partial charge on any atom is -0.461 e. The Balaban J connectivity index is 1.42. The van der Waals surface area contributed by atoms with Crippen molar-refractivity contribution < 1.29 is 9.21 Å². The standard InChI is InChI=1S/C21H17Cl2N5O2S2/c22-13-5-6-14(23)16(10-13)28-19(17-4-3-9-30-17)25-26-21(28)32-12-18-24-15(11-31-18)20(29)27-7-1-2-8-27/h3-6,9-11H,1-2,7-8,12H2. The highest BCUT2D eigenvalue weighted by Crippen LogP contribution is 2.34. The Morgan fingerprint density at radius 1 is 1.19 bits per heavy atom. The lowest BCUT2D eigenvalue weighted by molar-refractivity contribution is 0.0787. The topological polar surface area (TPSA) is 77.0 Å². The average molecular weight is 506 g/mol. The van der Waals surface area contributed by atoms with Crippen molar-refractivity contribution in [1.29, 1.82) is 0 Å². The number of carbonyl (C=O) groups is 1. The number of benzene rings is 1. The van der Waals surface area contributed by atoms with Gasteiger partial charge in [0.15, 0.2) is 10.9 Å². The second-order valence-corrected chi connectivity index (χ2v) is 9.86. The zero-order valence-electron chi connectivity index (χ0n) is 16.7. The highest BCUT2D eigenvalue weighted by atomic mass is 35.5. The SMILES string of the molecule is O=C(c1csc(CSc2nnc(-c3ccco3)n2-c2cc(Cl)ccc2Cl)n1)N1CCCC1. The molecule has 0 unspecified atom stereocenters. The van der Waals surface area contributed by atoms with E-state index in [4.69, 9.17) is 27.6 Å². The monoisotopic (exact) mass is 505 g/mol. The summed E-state index contributed by atoms with van der Waals surface area (Å²) in [4.78, 5) is 19.0. The predicted octanol–water partition coefficient (Wildman–Crippen LogP) is 5.82. The van der Waals surface area contributed by atoms with Gasteiger partial charge in [-0.15, -0.1) is 21.5 Å². The van der Waals surface area contributed by atoms with Crippen LogP contribution in [-0.4, -0.2) is 43.6 Å². The Bertz CT molecular complexity index is 1250. The number of thiazole rings is 1. The van der Waals surface area contributed by atoms with Crippen LogP contribution in [0.1, 0.15) is 28.3 Å². The maximum absolute atomic E-state index is 12.6. The van der Waals surface area contributed by atoms with E-state index in [0.717, 1.165) is 30.9 Å². The van der Waals surface area contributed by atoms with Crippen LogP contribution in [0.15, 0.2) is 51.5 Å². The second-order valence-electron chi connectivity index (χ2n) is 7.13. The number of furan rings is 1. The molecule has 0 bridgehead atoms. The van der Waals surface area contributed by atoms with Crippen molar-refractivity contribution in [1.82, 2.24) is 24.6 Å². The van der Waals surface area contributed by atoms with Crippen LogP contribution in [0.5, 0.6) is 0 Å². The molecule has 1 amide bonds. The Kier molecular flexibility index (Phi) is 6.23. The van der Waals surface area contributed by atoms with Gasteiger partial charge in [0.25, 0.3) is 5.91 Å². The van der Waals surface area contributed by atoms with Gasteiger partial charge in [0.1, 0.15) is 10.7 Å². The Labute approximate surface area is 202 Å². The normalized spacial score (nSPS) is 13.8. The summed E-state index contributed by atoms with van der Waals surface area (Å²) in [5.74, 6) is 1.62. The van der Waals surface area contributed by atoms with E-state index in [-0.39, 0.29) is 5.91 Å². The molecule has 0 N–H and O–H groups in total. The molecule has 4 heterocycles. The van der Waals surface area contributed by atoms with E-state index in [2.05, 4.69) is 15.2 Å². The molecule has 4 aromatic rings. The summed E-state index contributed by atoms with van der Waals surface area (Å²) < 4.78 is 7.37. The lowest BCUT2D eigenvalue weighted by atomic mass is 10.3. The first-order valence-electron chi connectivity index (χ1n) is 9.91. The molecule has 164 valence electrons. The van der Waals surface area contributed by atoms with Gasteiger partial charge in [-0.05, 0) is 43.2 Å². The Morgan fingerprint density at radius 3 is 2.81 bits per heavy atom. The van der Waals surface area contributed by atoms with E-state index < -0.39 is 0 Å². The zero-order chi connectivity index (χ0) is 22.1. The maximum Gasteiger partial charge on any atom is 0.273 e. The van der Waals surface area contributed by atoms with Crippen LogP contribution in [-0.2, 0) is 5.75 Å². The smallest absolute Gasteiger partial charge is 0.273 e. The molecule has 3 aromatic heterocycles. The molecular formula is C21H17Cl2N5O2S2. The van der Waals surface area contributed by atoms with Gasteiger partial charge in [0, 0.05) is 23.5 Å². The number of hydrogen-bond acceptors (Lipinski definition) is 7. The molecule has 1 aliphatic rings. The van der Waals surface area contributed by atoms with Crippen molar-refractivity contribution in [2.75, 3.05) is 13.1 Å². The number of halogens is 2. The number of amides is 1. The van der Waals surface area contributed by atoms with Crippen LogP contribution in [0.2, 0.25) is 10.0 Å². The number of likely N-dealkylation sites (tertiary alicyclic amines) is 1. The molecule has 1 fully saturated rings. The summed E-state index contributed by atoms with van der Waals surface area (Å²) in [6.45, 7) is 1.61. The maximum atomic E-state index is 12.6. The van der Waals surface area contributed by atoms with Gasteiger partial charge >= 0.3 is 0 Å². The van der Waals surface area contributed by atoms with Crippen molar-refractivity contribution in [2.24, 2.45) is 0 Å². The molecule has 1 aromatic carbocycles. The summed E-state index contributed by atoms with van der Waals surface area (Å²) in [5.41, 5.74) is 1.16. The lowest BCUT2D eigenvalue weighted by Crippen LogP contribution is -2.27. The number of rotatable bonds is 6. The fourth-order valence-corrected chi connectivity index (χ4v) is 5.59. The third-order valence-electron chi connectivity index (χ3n) is 5.01. The van der Waals surface area contributed by atoms with Gasteiger partial charge in [-0.25, -0.2) is 4.98 Å². The second kappa shape index (κ2) is 9.27. The van der Waals surface area contributed by atoms with Crippen LogP contribution < -0.4 is 0 Å². The highest BCUT2D eigenvalue weighted by Gasteiger charge is 2.23. The third kappa shape index (κ3) is 4.30. The van der Waals surface area contributed by atoms with Crippen LogP contribution >= 0.6 is 46.3 Å². The summed E-state index contributed by atoms with van der Waals surface area (Å²) in [7, 11) is 0. The first kappa shape index (κ1) is 21.5. The van der Waals surface area contributed by atoms with E-state index in [1.54, 1.807) is 30.5 Å². The van der Waals surface area contributed by atoms with Crippen molar-refractivity contribution in [2.45, 2.75) is 23.8 Å². The molecule has 7 nitrogen and oxygen atoms in total. The lowest BCUT2D eigenvalue weighted by Gasteiger charge is -2.12. The predicted molar refractivity (Wildman–Crippen MR) is 126 cm³/mol. The van der Waals surface area contributed by atoms with Crippen molar-refractivity contribution >= 4 is 52.2 Å². The van der Waals surface area contributed by atoms with Gasteiger partial charge in [-0.1, -0.05) is 35.0 Å². The van der Waals surface area contributed by atoms with E-state index in [0.29, 0.717) is 43.9 Å². The molecule has 11 heteroatoms. The van der Waals surface area contributed by atoms with Gasteiger partial charge in [-0.2, -0.15) is 0 Å². The molecule has 0 atom stereocenters. The number of thioether (sulfide) groups is 1. The molecular weight excluding hydrogens is 489 g/mol. The Morgan fingerprint density at radius 2 is 2.03 bits per heavy atom. The minimum absolute atomic E-state index is 0.00369. The number of nitrogens with zero attached hydrogens (tertiary/aromatic N) is 5. The van der Waals surface area contributed by atoms with Crippen LogP contribution in [0.3, 0.4) is 0 Å². The molecule has 0 saturated carbocycles. The van der Waals surface area contributed by atoms with E-state index in [9.17, 15) is 4.79 Å². The zero-order valence-corrected chi connectivity index (χ0v) is 19.8. The average Bonchev–Trinajstić information content (AvgIpc) is 3.60. The molecule has 0 radical (unpaired) electrons. The van der Waals surface area contributed by atoms with Crippen LogP contribution in [0.4, 0.5) is 0 Å². The summed E-state index contributed by atoms with van der Waals surface area (Å²) >= 11 is 15.6. The van der Waals surface area contributed by atoms with Crippen LogP contribution in [0, 0.1) is 0 Å². The third-order valence-corrected chi connectivity index (χ3v) is 7.54. The first-order chi connectivity index (χ1) is 15.6. The summed E-state index contributed by atoms with van der Waals surface area (Å²) in [6, 6.07) is 8.82. The van der Waals surface area contributed by atoms with E-state index in [1.807, 2.05) is 20.9 Å². The van der Waals surface area contributed by atoms with E-state index >= 15 is 0 Å². The molecule has 1 aliphatic heterocycles. The van der Waals surface area contributed by atoms with Crippen molar-refractivity contribution in [3.8, 4) is 17.3 Å². The Hall–Kier alpha value is -2.33. The fourth-order valence-electron chi connectivity index (χ4n) is 3.49. The number of hydrogen-bond donors (Lipinski definition) is 0. The van der Waals surface area contributed by atoms with Gasteiger partial charge in [0.05, 0.1) is 22.7 Å². The van der Waals surface area contributed by atoms with Crippen molar-refractivity contribution in [3.05, 3.63) is 62.7 Å². The molecule has 0 aliphatic carbocycles. The molecule has 32 heavy (non-hydrogen) atoms. The van der Waals surface area contributed by atoms with Crippen LogP contribution in [0.25, 0.3) is 17.3 Å². The molecule has 5 rings (SSSR count). The highest BCUT2D eigenvalue weighted by molar-refractivity contribution is 7.98. The fraction of sp³-hybridized carbons (Fsp3) is 0.238. The van der Waals surface area contributed by atoms with Gasteiger partial charge in [-0.3, -0.25) is 9.36 Å². The van der Waals surface area contributed by atoms with E-state index in [1.165, 1.54) is 23.1 Å². The van der Waals surface area contributed by atoms with Gasteiger partial charge < -0.3 is 9.32 Å². The van der Waals surface area contributed by atoms with Crippen molar-refractivity contribution in [3.63, 3.8) is 0 Å². The van der Waals surface area contributed by atoms with Gasteiger partial charge in [0.2, 0.25) is 5.82 Å². The molecule has 0 spiro atoms. The number of aromatic nitrogens is 4. The summed E-state index contributed by atoms with van der Waals surface area (Å²) in [5, 5.41) is 13.0. The largest absolute Gasteiger partial charge is 0.461 e. The first-order valence-corrected chi connectivity index (χ1v) is 12.5. The summed E-state index contributed by atoms with van der Waals surface area (Å²) in [6.07, 6.45) is 3.69. The minimum atomic E-state index is 0.00369. The number of carbonyl (C=O) groups excluding carboxylic acids is 1. The quantitative estimate of drug-likeness (QED) is 0.307. The molecule has 1 saturated heterocycles.